The summed E-state index contributed by atoms with van der Waals surface area (Å²) in [4.78, 5) is 0. The van der Waals surface area contributed by atoms with Crippen molar-refractivity contribution in [1.82, 2.24) is 0 Å². The van der Waals surface area contributed by atoms with Gasteiger partial charge in [-0.3, -0.25) is 0 Å². The molecule has 0 heterocycles. The molecule has 0 saturated carbocycles. The Kier molecular flexibility index (Phi) is 29.1. The topological polar surface area (TPSA) is 99.6 Å². The van der Waals surface area contributed by atoms with Crippen molar-refractivity contribution in [3.63, 3.8) is 0 Å². The van der Waals surface area contributed by atoms with Gasteiger partial charge in [-0.05, 0) is 33.6 Å². The predicted octanol–water partition coefficient (Wildman–Crippen LogP) is 5.84. The largest absolute Gasteiger partial charge is 0.337 e. The predicted molar refractivity (Wildman–Crippen MR) is 115 cm³/mol. The molecule has 0 aliphatic heterocycles. The van der Waals surface area contributed by atoms with Crippen LogP contribution in [0.4, 0.5) is 0 Å². The van der Waals surface area contributed by atoms with Crippen molar-refractivity contribution in [2.24, 2.45) is 11.5 Å². The van der Waals surface area contributed by atoms with Gasteiger partial charge in [-0.1, -0.05) is 58.3 Å². The molecule has 0 aliphatic rings. The Bertz CT molecular complexity index is 296. The Hall–Kier alpha value is -0.990. The number of nitrogens with zero attached hydrogens (tertiary/aromatic N) is 2. The van der Waals surface area contributed by atoms with Crippen LogP contribution in [-0.4, -0.2) is 24.6 Å². The lowest BCUT2D eigenvalue weighted by Crippen LogP contribution is -2.07. The molecule has 0 amide bonds. The van der Waals surface area contributed by atoms with E-state index in [9.17, 15) is 0 Å². The zero-order valence-corrected chi connectivity index (χ0v) is 18.3. The van der Waals surface area contributed by atoms with Crippen LogP contribution in [-0.2, 0) is 0 Å². The zero-order valence-electron chi connectivity index (χ0n) is 17.4. The Labute approximate surface area is 158 Å². The summed E-state index contributed by atoms with van der Waals surface area (Å²) < 4.78 is 0. The van der Waals surface area contributed by atoms with Gasteiger partial charge in [0.15, 0.2) is 12.4 Å². The molecule has 0 unspecified atom stereocenters. The minimum atomic E-state index is -0.513. The molecule has 5 heteroatoms. The number of nitriles is 2. The fraction of sp³-hybridized carbons (Fsp3) is 0.900. The third-order valence-corrected chi connectivity index (χ3v) is 10.3. The van der Waals surface area contributed by atoms with E-state index < -0.39 is 7.26 Å². The first-order valence-electron chi connectivity index (χ1n) is 10.1. The smallest absolute Gasteiger partial charge is 0.173 e. The molecule has 4 nitrogen and oxygen atoms in total. The maximum atomic E-state index is 7.10. The van der Waals surface area contributed by atoms with Crippen LogP contribution in [0.3, 0.4) is 0 Å². The highest BCUT2D eigenvalue weighted by Gasteiger charge is 2.29. The van der Waals surface area contributed by atoms with Crippen LogP contribution in [0.25, 0.3) is 0 Å². The fourth-order valence-corrected chi connectivity index (χ4v) is 6.26. The van der Waals surface area contributed by atoms with E-state index in [1.54, 1.807) is 6.16 Å². The first kappa shape index (κ1) is 28.8. The molecule has 0 bridgehead atoms. The van der Waals surface area contributed by atoms with Crippen LogP contribution in [0.2, 0.25) is 0 Å². The first-order chi connectivity index (χ1) is 12.1. The monoisotopic (exact) mass is 371 g/mol. The summed E-state index contributed by atoms with van der Waals surface area (Å²) in [6.45, 7) is 9.58. The van der Waals surface area contributed by atoms with Crippen molar-refractivity contribution < 1.29 is 0 Å². The van der Waals surface area contributed by atoms with Crippen molar-refractivity contribution in [3.05, 3.63) is 0 Å². The van der Waals surface area contributed by atoms with E-state index >= 15 is 0 Å². The lowest BCUT2D eigenvalue weighted by molar-refractivity contribution is 0.562. The maximum Gasteiger partial charge on any atom is 0.173 e. The molecule has 148 valence electrons. The summed E-state index contributed by atoms with van der Waals surface area (Å²) in [5, 5.41) is 14.2. The summed E-state index contributed by atoms with van der Waals surface area (Å²) in [6, 6.07) is 0. The summed E-state index contributed by atoms with van der Waals surface area (Å²) >= 11 is 0. The van der Waals surface area contributed by atoms with Gasteiger partial charge >= 0.3 is 0 Å². The van der Waals surface area contributed by atoms with Crippen LogP contribution in [0.15, 0.2) is 0 Å². The Morgan fingerprint density at radius 3 is 1.16 bits per heavy atom. The molecule has 0 aromatic rings. The van der Waals surface area contributed by atoms with Crippen molar-refractivity contribution in [2.75, 3.05) is 24.6 Å². The van der Waals surface area contributed by atoms with Crippen molar-refractivity contribution >= 4 is 7.26 Å². The van der Waals surface area contributed by atoms with Crippen LogP contribution in [0.1, 0.15) is 91.9 Å². The van der Waals surface area contributed by atoms with Crippen molar-refractivity contribution in [2.45, 2.75) is 91.9 Å². The molecular formula is C20H44N4P+. The van der Waals surface area contributed by atoms with Gasteiger partial charge in [-0.25, -0.2) is 0 Å². The first-order valence-corrected chi connectivity index (χ1v) is 12.6. The van der Waals surface area contributed by atoms with Crippen LogP contribution in [0, 0.1) is 22.9 Å². The molecule has 0 spiro atoms. The highest BCUT2D eigenvalue weighted by molar-refractivity contribution is 7.75. The molecule has 0 atom stereocenters. The van der Waals surface area contributed by atoms with E-state index in [-0.39, 0.29) is 0 Å². The summed E-state index contributed by atoms with van der Waals surface area (Å²) in [5.74, 6) is 0. The second-order valence-corrected chi connectivity index (χ2v) is 11.5. The molecule has 0 rings (SSSR count). The van der Waals surface area contributed by atoms with E-state index in [4.69, 9.17) is 10.5 Å². The van der Waals surface area contributed by atoms with Gasteiger partial charge in [0.2, 0.25) is 0 Å². The molecule has 0 radical (unpaired) electrons. The lowest BCUT2D eigenvalue weighted by atomic mass is 10.1. The molecule has 4 N–H and O–H groups in total. The third-order valence-electron chi connectivity index (χ3n) is 5.00. The summed E-state index contributed by atoms with van der Waals surface area (Å²) in [7, 11) is -0.513. The quantitative estimate of drug-likeness (QED) is 0.173. The highest BCUT2D eigenvalue weighted by atomic mass is 31.2. The number of hydrogen-bond acceptors (Lipinski definition) is 4. The Balaban J connectivity index is -0.000000700. The second-order valence-electron chi connectivity index (χ2n) is 6.45. The molecule has 0 aromatic heterocycles. The van der Waals surface area contributed by atoms with Crippen molar-refractivity contribution in [3.8, 4) is 12.4 Å². The highest BCUT2D eigenvalue weighted by Crippen LogP contribution is 2.58. The molecule has 25 heavy (non-hydrogen) atoms. The van der Waals surface area contributed by atoms with E-state index in [2.05, 4.69) is 39.2 Å². The number of unbranched alkanes of at least 4 members (excludes halogenated alkanes) is 9. The van der Waals surface area contributed by atoms with Crippen molar-refractivity contribution in [1.29, 1.82) is 10.5 Å². The average Bonchev–Trinajstić information content (AvgIpc) is 2.62. The van der Waals surface area contributed by atoms with E-state index in [0.717, 1.165) is 0 Å². The molecule has 0 aromatic carbocycles. The Morgan fingerprint density at radius 1 is 0.600 bits per heavy atom. The fourth-order valence-electron chi connectivity index (χ4n) is 3.08. The van der Waals surface area contributed by atoms with Gasteiger partial charge < -0.3 is 11.5 Å². The number of rotatable bonds is 14. The standard InChI is InChI=1S/C18H40P.2CH2N2/c1-5-9-10-11-12-13-14-15-16-17-18-19(6-2,7-3)8-4;2*2-1-3/h5-18H2,1-4H3;2*2H2/q+1;;. The van der Waals surface area contributed by atoms with E-state index in [1.807, 2.05) is 0 Å². The molecular weight excluding hydrogens is 327 g/mol. The number of hydrogen-bond donors (Lipinski definition) is 2. The van der Waals surface area contributed by atoms with Gasteiger partial charge in [0.25, 0.3) is 0 Å². The minimum Gasteiger partial charge on any atom is -0.337 e. The van der Waals surface area contributed by atoms with Gasteiger partial charge in [0, 0.05) is 7.26 Å². The summed E-state index contributed by atoms with van der Waals surface area (Å²) in [6.07, 6.45) is 23.2. The van der Waals surface area contributed by atoms with Crippen LogP contribution >= 0.6 is 7.26 Å². The molecule has 0 saturated heterocycles. The normalized spacial score (nSPS) is 9.68. The van der Waals surface area contributed by atoms with Crippen LogP contribution in [0.5, 0.6) is 0 Å². The van der Waals surface area contributed by atoms with Gasteiger partial charge in [0.05, 0.1) is 24.6 Å². The Morgan fingerprint density at radius 2 is 0.880 bits per heavy atom. The molecule has 0 fully saturated rings. The van der Waals surface area contributed by atoms with Gasteiger partial charge in [-0.2, -0.15) is 10.5 Å². The number of nitrogens with two attached hydrogens (primary N) is 2. The zero-order chi connectivity index (χ0) is 19.8. The second kappa shape index (κ2) is 25.3. The molecule has 0 aliphatic carbocycles. The van der Waals surface area contributed by atoms with Gasteiger partial charge in [-0.15, -0.1) is 0 Å². The third kappa shape index (κ3) is 23.0. The van der Waals surface area contributed by atoms with Gasteiger partial charge in [0.1, 0.15) is 0 Å². The lowest BCUT2D eigenvalue weighted by Gasteiger charge is -2.23. The summed E-state index contributed by atoms with van der Waals surface area (Å²) in [5.41, 5.74) is 8.31. The van der Waals surface area contributed by atoms with Crippen LogP contribution < -0.4 is 11.5 Å². The maximum absolute atomic E-state index is 7.10. The van der Waals surface area contributed by atoms with E-state index in [1.165, 1.54) is 95.1 Å². The van der Waals surface area contributed by atoms with E-state index in [0.29, 0.717) is 0 Å². The SMILES string of the molecule is CCCCCCCCCCCC[P+](CC)(CC)CC.N#CN.N#CN. The minimum absolute atomic E-state index is 0.513. The average molecular weight is 372 g/mol.